The normalized spacial score (nSPS) is 18.0. The van der Waals surface area contributed by atoms with E-state index >= 15 is 0 Å². The Morgan fingerprint density at radius 2 is 1.58 bits per heavy atom. The van der Waals surface area contributed by atoms with E-state index in [9.17, 15) is 23.5 Å². The average Bonchev–Trinajstić information content (AvgIpc) is 2.92. The molecular weight excluding hydrogens is 428 g/mol. The second-order valence-corrected chi connectivity index (χ2v) is 8.93. The second kappa shape index (κ2) is 7.79. The molecule has 2 aliphatic rings. The van der Waals surface area contributed by atoms with Gasteiger partial charge in [-0.05, 0) is 73.2 Å². The number of amides is 1. The summed E-state index contributed by atoms with van der Waals surface area (Å²) in [5.41, 5.74) is 2.42. The Labute approximate surface area is 189 Å². The van der Waals surface area contributed by atoms with E-state index in [1.807, 2.05) is 13.8 Å². The highest BCUT2D eigenvalue weighted by Crippen LogP contribution is 2.44. The number of rotatable bonds is 2. The van der Waals surface area contributed by atoms with Gasteiger partial charge < -0.3 is 10.0 Å². The van der Waals surface area contributed by atoms with Crippen LogP contribution in [0.5, 0.6) is 5.75 Å². The molecule has 1 unspecified atom stereocenters. The number of aromatic nitrogens is 2. The summed E-state index contributed by atoms with van der Waals surface area (Å²) in [6, 6.07) is 8.54. The number of carbonyl (C=O) groups excluding carboxylic acids is 1. The molecule has 2 heterocycles. The maximum Gasteiger partial charge on any atom is 0.276 e. The summed E-state index contributed by atoms with van der Waals surface area (Å²) in [5.74, 6) is -2.23. The maximum atomic E-state index is 14.1. The zero-order valence-electron chi connectivity index (χ0n) is 18.3. The van der Waals surface area contributed by atoms with E-state index in [1.165, 1.54) is 28.9 Å². The molecule has 33 heavy (non-hydrogen) atoms. The Morgan fingerprint density at radius 1 is 1.00 bits per heavy atom. The second-order valence-electron chi connectivity index (χ2n) is 8.93. The molecule has 0 fully saturated rings. The van der Waals surface area contributed by atoms with Gasteiger partial charge in [0.25, 0.3) is 5.91 Å². The van der Waals surface area contributed by atoms with Gasteiger partial charge in [0.2, 0.25) is 5.43 Å². The Balaban J connectivity index is 1.80. The molecule has 1 amide bonds. The van der Waals surface area contributed by atoms with Crippen molar-refractivity contribution in [1.82, 2.24) is 14.7 Å². The molecule has 170 valence electrons. The predicted octanol–water partition coefficient (Wildman–Crippen LogP) is 3.56. The lowest BCUT2D eigenvalue weighted by atomic mass is 9.81. The molecule has 0 bridgehead atoms. The SMILES string of the molecule is CC(C)N1CC(C2c3ccc(F)cc3CCc3cc(F)ccc32)n2ncc(=O)c(O)c2C1=O. The number of nitrogens with zero attached hydrogens (tertiary/aromatic N) is 3. The first-order valence-electron chi connectivity index (χ1n) is 10.9. The zero-order valence-corrected chi connectivity index (χ0v) is 18.3. The Hall–Kier alpha value is -3.55. The van der Waals surface area contributed by atoms with Crippen molar-refractivity contribution in [3.05, 3.63) is 92.4 Å². The van der Waals surface area contributed by atoms with E-state index in [0.29, 0.717) is 12.8 Å². The van der Waals surface area contributed by atoms with Crippen molar-refractivity contribution >= 4 is 5.91 Å². The first kappa shape index (κ1) is 21.3. The Bertz CT molecular complexity index is 1280. The molecule has 1 atom stereocenters. The average molecular weight is 451 g/mol. The lowest BCUT2D eigenvalue weighted by Crippen LogP contribution is -2.49. The number of halogens is 2. The van der Waals surface area contributed by atoms with Crippen LogP contribution in [0.2, 0.25) is 0 Å². The third-order valence-electron chi connectivity index (χ3n) is 6.70. The fourth-order valence-corrected chi connectivity index (χ4v) is 5.14. The van der Waals surface area contributed by atoms with E-state index in [1.54, 1.807) is 17.0 Å². The van der Waals surface area contributed by atoms with E-state index in [0.717, 1.165) is 28.5 Å². The van der Waals surface area contributed by atoms with Crippen molar-refractivity contribution in [1.29, 1.82) is 0 Å². The first-order chi connectivity index (χ1) is 15.8. The number of hydrogen-bond donors (Lipinski definition) is 1. The van der Waals surface area contributed by atoms with E-state index in [-0.39, 0.29) is 29.9 Å². The highest BCUT2D eigenvalue weighted by atomic mass is 19.1. The van der Waals surface area contributed by atoms with Crippen molar-refractivity contribution < 1.29 is 18.7 Å². The van der Waals surface area contributed by atoms with Gasteiger partial charge in [0, 0.05) is 18.5 Å². The highest BCUT2D eigenvalue weighted by molar-refractivity contribution is 5.96. The van der Waals surface area contributed by atoms with Crippen LogP contribution in [0.15, 0.2) is 47.4 Å². The number of aromatic hydroxyl groups is 1. The van der Waals surface area contributed by atoms with Crippen LogP contribution in [-0.2, 0) is 12.8 Å². The molecule has 0 spiro atoms. The number of fused-ring (bicyclic) bond motifs is 3. The molecule has 1 aliphatic carbocycles. The van der Waals surface area contributed by atoms with Crippen LogP contribution >= 0.6 is 0 Å². The van der Waals surface area contributed by atoms with Crippen LogP contribution in [0.1, 0.15) is 58.5 Å². The van der Waals surface area contributed by atoms with Crippen molar-refractivity contribution in [3.8, 4) is 5.75 Å². The smallest absolute Gasteiger partial charge is 0.276 e. The highest BCUT2D eigenvalue weighted by Gasteiger charge is 2.42. The molecule has 3 aromatic rings. The third-order valence-corrected chi connectivity index (χ3v) is 6.70. The van der Waals surface area contributed by atoms with Gasteiger partial charge in [-0.15, -0.1) is 0 Å². The fraction of sp³-hybridized carbons (Fsp3) is 0.320. The predicted molar refractivity (Wildman–Crippen MR) is 117 cm³/mol. The number of aryl methyl sites for hydroxylation is 2. The Kier molecular flexibility index (Phi) is 5.03. The van der Waals surface area contributed by atoms with Crippen LogP contribution in [0, 0.1) is 11.6 Å². The minimum Gasteiger partial charge on any atom is -0.502 e. The minimum atomic E-state index is -0.732. The lowest BCUT2D eigenvalue weighted by molar-refractivity contribution is 0.0570. The summed E-state index contributed by atoms with van der Waals surface area (Å²) in [6.45, 7) is 3.98. The topological polar surface area (TPSA) is 75.4 Å². The standard InChI is InChI=1S/C25H23F2N3O3/c1-13(2)29-12-20(30-23(25(29)33)24(32)21(31)11-28-30)22-18-7-5-16(26)9-14(18)3-4-15-10-17(27)6-8-19(15)22/h5-11,13,20,22,32H,3-4,12H2,1-2H3. The van der Waals surface area contributed by atoms with Gasteiger partial charge in [-0.3, -0.25) is 14.3 Å². The largest absolute Gasteiger partial charge is 0.502 e. The molecule has 1 aliphatic heterocycles. The van der Waals surface area contributed by atoms with Crippen LogP contribution in [0.25, 0.3) is 0 Å². The summed E-state index contributed by atoms with van der Waals surface area (Å²) < 4.78 is 29.7. The van der Waals surface area contributed by atoms with Crippen LogP contribution < -0.4 is 5.43 Å². The summed E-state index contributed by atoms with van der Waals surface area (Å²) in [7, 11) is 0. The zero-order chi connectivity index (χ0) is 23.4. The van der Waals surface area contributed by atoms with E-state index in [4.69, 9.17) is 0 Å². The van der Waals surface area contributed by atoms with Gasteiger partial charge in [0.05, 0.1) is 12.2 Å². The van der Waals surface area contributed by atoms with Crippen molar-refractivity contribution in [2.45, 2.75) is 44.7 Å². The van der Waals surface area contributed by atoms with Crippen LogP contribution in [0.3, 0.4) is 0 Å². The molecule has 1 aromatic heterocycles. The summed E-state index contributed by atoms with van der Waals surface area (Å²) in [4.78, 5) is 26.9. The summed E-state index contributed by atoms with van der Waals surface area (Å²) in [6.07, 6.45) is 2.07. The van der Waals surface area contributed by atoms with Gasteiger partial charge in [-0.1, -0.05) is 12.1 Å². The van der Waals surface area contributed by atoms with Crippen molar-refractivity contribution in [2.24, 2.45) is 0 Å². The maximum absolute atomic E-state index is 14.1. The van der Waals surface area contributed by atoms with Gasteiger partial charge in [0.1, 0.15) is 11.6 Å². The molecule has 6 nitrogen and oxygen atoms in total. The summed E-state index contributed by atoms with van der Waals surface area (Å²) in [5, 5.41) is 14.8. The molecule has 0 radical (unpaired) electrons. The number of benzene rings is 2. The number of carbonyl (C=O) groups is 1. The quantitative estimate of drug-likeness (QED) is 0.647. The van der Waals surface area contributed by atoms with Crippen LogP contribution in [-0.4, -0.2) is 38.3 Å². The molecule has 8 heteroatoms. The minimum absolute atomic E-state index is 0.163. The molecular formula is C25H23F2N3O3. The number of hydrogen-bond acceptors (Lipinski definition) is 4. The van der Waals surface area contributed by atoms with E-state index < -0.39 is 29.0 Å². The van der Waals surface area contributed by atoms with Gasteiger partial charge >= 0.3 is 0 Å². The first-order valence-corrected chi connectivity index (χ1v) is 10.9. The monoisotopic (exact) mass is 451 g/mol. The van der Waals surface area contributed by atoms with Gasteiger partial charge in [-0.25, -0.2) is 8.78 Å². The fourth-order valence-electron chi connectivity index (χ4n) is 5.14. The van der Waals surface area contributed by atoms with Crippen molar-refractivity contribution in [2.75, 3.05) is 6.54 Å². The molecule has 2 aromatic carbocycles. The van der Waals surface area contributed by atoms with E-state index in [2.05, 4.69) is 5.10 Å². The van der Waals surface area contributed by atoms with Crippen molar-refractivity contribution in [3.63, 3.8) is 0 Å². The summed E-state index contributed by atoms with van der Waals surface area (Å²) >= 11 is 0. The third kappa shape index (κ3) is 3.41. The van der Waals surface area contributed by atoms with Gasteiger partial charge in [-0.2, -0.15) is 5.10 Å². The molecule has 0 saturated carbocycles. The molecule has 0 saturated heterocycles. The van der Waals surface area contributed by atoms with Gasteiger partial charge in [0.15, 0.2) is 11.4 Å². The molecule has 5 rings (SSSR count). The van der Waals surface area contributed by atoms with Crippen LogP contribution in [0.4, 0.5) is 8.78 Å². The Morgan fingerprint density at radius 3 is 2.12 bits per heavy atom. The lowest BCUT2D eigenvalue weighted by Gasteiger charge is -2.41. The molecule has 1 N–H and O–H groups in total.